The number of nitrogens with one attached hydrogen (secondary N) is 2. The van der Waals surface area contributed by atoms with E-state index in [1.165, 1.54) is 32.1 Å². The van der Waals surface area contributed by atoms with Gasteiger partial charge in [-0.1, -0.05) is 19.3 Å². The third-order valence-electron chi connectivity index (χ3n) is 3.93. The summed E-state index contributed by atoms with van der Waals surface area (Å²) in [7, 11) is 3.25. The van der Waals surface area contributed by atoms with Crippen molar-refractivity contribution >= 4 is 34.8 Å². The van der Waals surface area contributed by atoms with Gasteiger partial charge in [-0.25, -0.2) is 0 Å². The van der Waals surface area contributed by atoms with E-state index >= 15 is 0 Å². The Hall–Kier alpha value is -1.14. The van der Waals surface area contributed by atoms with Crippen LogP contribution in [0.25, 0.3) is 0 Å². The van der Waals surface area contributed by atoms with E-state index in [2.05, 4.69) is 22.4 Å². The van der Waals surface area contributed by atoms with Gasteiger partial charge in [-0.15, -0.1) is 0 Å². The Morgan fingerprint density at radius 1 is 1.17 bits per heavy atom. The lowest BCUT2D eigenvalue weighted by Crippen LogP contribution is -2.30. The summed E-state index contributed by atoms with van der Waals surface area (Å²) in [6.07, 6.45) is 6.95. The lowest BCUT2D eigenvalue weighted by atomic mass is 10.0. The number of benzene rings is 1. The van der Waals surface area contributed by atoms with E-state index in [9.17, 15) is 0 Å². The molecule has 1 aromatic carbocycles. The van der Waals surface area contributed by atoms with Crippen molar-refractivity contribution in [2.24, 2.45) is 0 Å². The predicted octanol–water partition coefficient (Wildman–Crippen LogP) is 4.06. The third kappa shape index (κ3) is 6.11. The molecular weight excluding hydrogens is 328 g/mol. The first-order valence-electron chi connectivity index (χ1n) is 8.11. The van der Waals surface area contributed by atoms with Crippen molar-refractivity contribution in [2.45, 2.75) is 37.4 Å². The van der Waals surface area contributed by atoms with Crippen LogP contribution in [-0.4, -0.2) is 36.9 Å². The number of hydrogen-bond donors (Lipinski definition) is 2. The third-order valence-corrected chi connectivity index (χ3v) is 5.56. The molecule has 0 unspecified atom stereocenters. The average Bonchev–Trinajstić information content (AvgIpc) is 2.59. The quantitative estimate of drug-likeness (QED) is 0.569. The number of rotatable bonds is 7. The fourth-order valence-electron chi connectivity index (χ4n) is 2.71. The van der Waals surface area contributed by atoms with E-state index in [1.807, 2.05) is 18.2 Å². The van der Waals surface area contributed by atoms with Crippen LogP contribution in [0.4, 0.5) is 5.69 Å². The van der Waals surface area contributed by atoms with E-state index in [4.69, 9.17) is 21.7 Å². The maximum Gasteiger partial charge on any atom is 0.170 e. The van der Waals surface area contributed by atoms with Gasteiger partial charge in [0.05, 0.1) is 14.2 Å². The van der Waals surface area contributed by atoms with Crippen molar-refractivity contribution in [1.29, 1.82) is 0 Å². The highest BCUT2D eigenvalue weighted by atomic mass is 32.2. The second-order valence-corrected chi connectivity index (χ2v) is 7.40. The van der Waals surface area contributed by atoms with Crippen molar-refractivity contribution < 1.29 is 9.47 Å². The molecular formula is C17H26N2O2S2. The molecule has 1 aromatic rings. The minimum atomic E-state index is 0.640. The molecule has 2 N–H and O–H groups in total. The Bertz CT molecular complexity index is 505. The van der Waals surface area contributed by atoms with Gasteiger partial charge in [0, 0.05) is 29.3 Å². The molecule has 1 saturated carbocycles. The number of thiocarbonyl (C=S) groups is 1. The molecule has 23 heavy (non-hydrogen) atoms. The van der Waals surface area contributed by atoms with Gasteiger partial charge in [-0.3, -0.25) is 0 Å². The molecule has 0 spiro atoms. The van der Waals surface area contributed by atoms with Crippen LogP contribution in [0, 0.1) is 0 Å². The standard InChI is InChI=1S/C17H26N2O2S2/c1-20-15-9-8-13(12-16(15)21-2)19-17(22)18-10-11-23-14-6-4-3-5-7-14/h8-9,12,14H,3-7,10-11H2,1-2H3,(H2,18,19,22). The SMILES string of the molecule is COc1ccc(NC(=S)NCCSC2CCCCC2)cc1OC. The fourth-order valence-corrected chi connectivity index (χ4v) is 4.15. The molecule has 0 aromatic heterocycles. The molecule has 0 amide bonds. The number of methoxy groups -OCH3 is 2. The van der Waals surface area contributed by atoms with Gasteiger partial charge < -0.3 is 20.1 Å². The Morgan fingerprint density at radius 3 is 2.61 bits per heavy atom. The van der Waals surface area contributed by atoms with Crippen molar-refractivity contribution in [3.05, 3.63) is 18.2 Å². The molecule has 2 rings (SSSR count). The Kier molecular flexibility index (Phi) is 7.82. The van der Waals surface area contributed by atoms with Gasteiger partial charge in [0.1, 0.15) is 0 Å². The first-order chi connectivity index (χ1) is 11.2. The molecule has 128 valence electrons. The van der Waals surface area contributed by atoms with E-state index < -0.39 is 0 Å². The molecule has 0 atom stereocenters. The monoisotopic (exact) mass is 354 g/mol. The van der Waals surface area contributed by atoms with Crippen molar-refractivity contribution in [3.8, 4) is 11.5 Å². The molecule has 0 aliphatic heterocycles. The van der Waals surface area contributed by atoms with Crippen LogP contribution in [-0.2, 0) is 0 Å². The zero-order valence-electron chi connectivity index (χ0n) is 13.9. The topological polar surface area (TPSA) is 42.5 Å². The molecule has 0 radical (unpaired) electrons. The van der Waals surface area contributed by atoms with Crippen LogP contribution in [0.3, 0.4) is 0 Å². The highest BCUT2D eigenvalue weighted by Gasteiger charge is 2.13. The van der Waals surface area contributed by atoms with Crippen LogP contribution in [0.2, 0.25) is 0 Å². The summed E-state index contributed by atoms with van der Waals surface area (Å²) in [6, 6.07) is 5.67. The van der Waals surface area contributed by atoms with E-state index in [1.54, 1.807) is 14.2 Å². The molecule has 4 nitrogen and oxygen atoms in total. The summed E-state index contributed by atoms with van der Waals surface area (Å²) in [5, 5.41) is 7.93. The summed E-state index contributed by atoms with van der Waals surface area (Å²) in [4.78, 5) is 0. The minimum Gasteiger partial charge on any atom is -0.493 e. The molecule has 0 saturated heterocycles. The molecule has 0 heterocycles. The van der Waals surface area contributed by atoms with Crippen LogP contribution in [0.1, 0.15) is 32.1 Å². The normalized spacial score (nSPS) is 15.0. The molecule has 1 fully saturated rings. The Labute approximate surface area is 148 Å². The summed E-state index contributed by atoms with van der Waals surface area (Å²) in [5.74, 6) is 2.49. The van der Waals surface area contributed by atoms with Gasteiger partial charge in [0.15, 0.2) is 16.6 Å². The molecule has 1 aliphatic rings. The highest BCUT2D eigenvalue weighted by Crippen LogP contribution is 2.30. The highest BCUT2D eigenvalue weighted by molar-refractivity contribution is 7.99. The van der Waals surface area contributed by atoms with Gasteiger partial charge >= 0.3 is 0 Å². The van der Waals surface area contributed by atoms with Crippen LogP contribution in [0.15, 0.2) is 18.2 Å². The lowest BCUT2D eigenvalue weighted by Gasteiger charge is -2.21. The van der Waals surface area contributed by atoms with Gasteiger partial charge in [-0.05, 0) is 37.2 Å². The summed E-state index contributed by atoms with van der Waals surface area (Å²) in [5.41, 5.74) is 0.889. The van der Waals surface area contributed by atoms with Gasteiger partial charge in [0.25, 0.3) is 0 Å². The Balaban J connectivity index is 1.69. The maximum absolute atomic E-state index is 5.34. The summed E-state index contributed by atoms with van der Waals surface area (Å²) < 4.78 is 10.5. The lowest BCUT2D eigenvalue weighted by molar-refractivity contribution is 0.355. The number of hydrogen-bond acceptors (Lipinski definition) is 4. The van der Waals surface area contributed by atoms with Crippen molar-refractivity contribution in [1.82, 2.24) is 5.32 Å². The first-order valence-corrected chi connectivity index (χ1v) is 9.57. The van der Waals surface area contributed by atoms with Crippen LogP contribution in [0.5, 0.6) is 11.5 Å². The van der Waals surface area contributed by atoms with E-state index in [0.29, 0.717) is 16.6 Å². The smallest absolute Gasteiger partial charge is 0.170 e. The maximum atomic E-state index is 5.34. The van der Waals surface area contributed by atoms with E-state index in [-0.39, 0.29) is 0 Å². The zero-order valence-corrected chi connectivity index (χ0v) is 15.5. The largest absolute Gasteiger partial charge is 0.493 e. The number of thioether (sulfide) groups is 1. The van der Waals surface area contributed by atoms with Crippen molar-refractivity contribution in [2.75, 3.05) is 31.8 Å². The van der Waals surface area contributed by atoms with Crippen molar-refractivity contribution in [3.63, 3.8) is 0 Å². The molecule has 0 bridgehead atoms. The number of ether oxygens (including phenoxy) is 2. The second kappa shape index (κ2) is 9.88. The van der Waals surface area contributed by atoms with Crippen LogP contribution >= 0.6 is 24.0 Å². The zero-order chi connectivity index (χ0) is 16.5. The second-order valence-electron chi connectivity index (χ2n) is 5.58. The van der Waals surface area contributed by atoms with E-state index in [0.717, 1.165) is 23.2 Å². The van der Waals surface area contributed by atoms with Gasteiger partial charge in [-0.2, -0.15) is 11.8 Å². The molecule has 6 heteroatoms. The minimum absolute atomic E-state index is 0.640. The Morgan fingerprint density at radius 2 is 1.91 bits per heavy atom. The number of anilines is 1. The fraction of sp³-hybridized carbons (Fsp3) is 0.588. The first kappa shape index (κ1) is 18.2. The summed E-state index contributed by atoms with van der Waals surface area (Å²) in [6.45, 7) is 0.889. The molecule has 1 aliphatic carbocycles. The average molecular weight is 355 g/mol. The van der Waals surface area contributed by atoms with Gasteiger partial charge in [0.2, 0.25) is 0 Å². The van der Waals surface area contributed by atoms with Crippen LogP contribution < -0.4 is 20.1 Å². The summed E-state index contributed by atoms with van der Waals surface area (Å²) >= 11 is 7.41. The predicted molar refractivity (Wildman–Crippen MR) is 103 cm³/mol.